The Balaban J connectivity index is 1.94. The van der Waals surface area contributed by atoms with Crippen molar-refractivity contribution in [1.82, 2.24) is 4.90 Å². The fourth-order valence-corrected chi connectivity index (χ4v) is 3.54. The standard InChI is InChI=1S/C17H14N2O5S2/c1-3-23-10-4-6-12(13(8-10)19(21)22)14-7-5-11(24-14)9-15-16(20)18(2)17(25)26-15/h4-9H,3H2,1-2H3/b15-9+. The zero-order valence-corrected chi connectivity index (χ0v) is 15.6. The van der Waals surface area contributed by atoms with Crippen LogP contribution < -0.4 is 4.74 Å². The van der Waals surface area contributed by atoms with Crippen LogP contribution in [0.1, 0.15) is 12.7 Å². The first-order valence-electron chi connectivity index (χ1n) is 7.63. The Kier molecular flexibility index (Phi) is 5.10. The van der Waals surface area contributed by atoms with E-state index in [0.717, 1.165) is 0 Å². The number of nitro groups is 1. The number of rotatable bonds is 5. The highest BCUT2D eigenvalue weighted by Gasteiger charge is 2.29. The summed E-state index contributed by atoms with van der Waals surface area (Å²) in [5.74, 6) is 0.960. The van der Waals surface area contributed by atoms with Gasteiger partial charge in [-0.25, -0.2) is 0 Å². The molecule has 1 aromatic carbocycles. The molecule has 1 aliphatic heterocycles. The summed E-state index contributed by atoms with van der Waals surface area (Å²) >= 11 is 6.26. The van der Waals surface area contributed by atoms with Gasteiger partial charge < -0.3 is 9.15 Å². The highest BCUT2D eigenvalue weighted by molar-refractivity contribution is 8.26. The number of carbonyl (C=O) groups is 1. The molecule has 0 bridgehead atoms. The summed E-state index contributed by atoms with van der Waals surface area (Å²) < 4.78 is 11.5. The van der Waals surface area contributed by atoms with Crippen molar-refractivity contribution in [3.8, 4) is 17.1 Å². The third-order valence-corrected chi connectivity index (χ3v) is 5.11. The number of ether oxygens (including phenoxy) is 1. The molecule has 1 aromatic heterocycles. The Morgan fingerprint density at radius 3 is 2.77 bits per heavy atom. The summed E-state index contributed by atoms with van der Waals surface area (Å²) in [4.78, 5) is 24.8. The molecule has 0 atom stereocenters. The van der Waals surface area contributed by atoms with Crippen LogP contribution in [0.2, 0.25) is 0 Å². The van der Waals surface area contributed by atoms with Gasteiger partial charge in [-0.3, -0.25) is 19.8 Å². The predicted molar refractivity (Wildman–Crippen MR) is 103 cm³/mol. The molecule has 1 fully saturated rings. The van der Waals surface area contributed by atoms with Gasteiger partial charge in [0.15, 0.2) is 0 Å². The number of amides is 1. The van der Waals surface area contributed by atoms with Crippen molar-refractivity contribution in [2.45, 2.75) is 6.92 Å². The van der Waals surface area contributed by atoms with E-state index in [-0.39, 0.29) is 11.6 Å². The first-order chi connectivity index (χ1) is 12.4. The number of carbonyl (C=O) groups excluding carboxylic acids is 1. The lowest BCUT2D eigenvalue weighted by atomic mass is 10.1. The zero-order chi connectivity index (χ0) is 18.8. The van der Waals surface area contributed by atoms with Crippen LogP contribution in [0, 0.1) is 10.1 Å². The fraction of sp³-hybridized carbons (Fsp3) is 0.176. The van der Waals surface area contributed by atoms with Gasteiger partial charge in [0.25, 0.3) is 11.6 Å². The van der Waals surface area contributed by atoms with Crippen molar-refractivity contribution in [1.29, 1.82) is 0 Å². The molecule has 7 nitrogen and oxygen atoms in total. The van der Waals surface area contributed by atoms with Crippen LogP contribution in [0.3, 0.4) is 0 Å². The van der Waals surface area contributed by atoms with E-state index in [2.05, 4.69) is 0 Å². The summed E-state index contributed by atoms with van der Waals surface area (Å²) in [6, 6.07) is 7.87. The average molecular weight is 390 g/mol. The van der Waals surface area contributed by atoms with E-state index in [1.54, 1.807) is 44.3 Å². The molecule has 0 spiro atoms. The van der Waals surface area contributed by atoms with Gasteiger partial charge in [-0.1, -0.05) is 24.0 Å². The maximum absolute atomic E-state index is 12.0. The minimum atomic E-state index is -0.484. The second-order valence-corrected chi connectivity index (χ2v) is 6.99. The second kappa shape index (κ2) is 7.30. The van der Waals surface area contributed by atoms with Crippen molar-refractivity contribution in [2.75, 3.05) is 13.7 Å². The Hall–Kier alpha value is -2.65. The van der Waals surface area contributed by atoms with Crippen LogP contribution >= 0.6 is 24.0 Å². The Bertz CT molecular complexity index is 935. The number of likely N-dealkylation sites (N-methyl/N-ethyl adjacent to an activating group) is 1. The quantitative estimate of drug-likeness (QED) is 0.329. The molecule has 1 saturated heterocycles. The highest BCUT2D eigenvalue weighted by Crippen LogP contribution is 2.36. The lowest BCUT2D eigenvalue weighted by molar-refractivity contribution is -0.384. The first kappa shape index (κ1) is 18.2. The number of thiocarbonyl (C=S) groups is 1. The van der Waals surface area contributed by atoms with Gasteiger partial charge in [-0.15, -0.1) is 0 Å². The summed E-state index contributed by atoms with van der Waals surface area (Å²) in [7, 11) is 1.61. The van der Waals surface area contributed by atoms with Gasteiger partial charge in [0, 0.05) is 13.1 Å². The van der Waals surface area contributed by atoms with E-state index >= 15 is 0 Å². The third-order valence-electron chi connectivity index (χ3n) is 3.63. The van der Waals surface area contributed by atoms with E-state index < -0.39 is 4.92 Å². The number of nitro benzene ring substituents is 1. The van der Waals surface area contributed by atoms with Crippen LogP contribution in [-0.2, 0) is 4.79 Å². The molecule has 2 heterocycles. The van der Waals surface area contributed by atoms with E-state index in [1.807, 2.05) is 0 Å². The largest absolute Gasteiger partial charge is 0.494 e. The van der Waals surface area contributed by atoms with Gasteiger partial charge in [0.1, 0.15) is 21.6 Å². The van der Waals surface area contributed by atoms with E-state index in [4.69, 9.17) is 21.4 Å². The van der Waals surface area contributed by atoms with Crippen molar-refractivity contribution in [3.63, 3.8) is 0 Å². The molecule has 1 aliphatic rings. The predicted octanol–water partition coefficient (Wildman–Crippen LogP) is 4.08. The molecule has 0 unspecified atom stereocenters. The lowest BCUT2D eigenvalue weighted by Gasteiger charge is -2.05. The Morgan fingerprint density at radius 2 is 2.15 bits per heavy atom. The third kappa shape index (κ3) is 3.49. The number of furan rings is 1. The van der Waals surface area contributed by atoms with Crippen LogP contribution in [0.4, 0.5) is 5.69 Å². The summed E-state index contributed by atoms with van der Waals surface area (Å²) in [6.07, 6.45) is 1.58. The number of hydrogen-bond acceptors (Lipinski definition) is 7. The Morgan fingerprint density at radius 1 is 1.38 bits per heavy atom. The smallest absolute Gasteiger partial charge is 0.284 e. The molecule has 2 aromatic rings. The van der Waals surface area contributed by atoms with Crippen molar-refractivity contribution < 1.29 is 18.9 Å². The van der Waals surface area contributed by atoms with Crippen LogP contribution in [0.25, 0.3) is 17.4 Å². The summed E-state index contributed by atoms with van der Waals surface area (Å²) in [6.45, 7) is 2.22. The number of thioether (sulfide) groups is 1. The molecule has 0 saturated carbocycles. The topological polar surface area (TPSA) is 85.8 Å². The van der Waals surface area contributed by atoms with Crippen molar-refractivity contribution >= 4 is 46.0 Å². The lowest BCUT2D eigenvalue weighted by Crippen LogP contribution is -2.22. The van der Waals surface area contributed by atoms with Gasteiger partial charge in [-0.2, -0.15) is 0 Å². The van der Waals surface area contributed by atoms with Gasteiger partial charge in [0.2, 0.25) is 0 Å². The average Bonchev–Trinajstić information content (AvgIpc) is 3.16. The zero-order valence-electron chi connectivity index (χ0n) is 13.9. The number of benzene rings is 1. The van der Waals surface area contributed by atoms with Gasteiger partial charge in [-0.05, 0) is 31.2 Å². The van der Waals surface area contributed by atoms with E-state index in [0.29, 0.717) is 38.7 Å². The summed E-state index contributed by atoms with van der Waals surface area (Å²) in [5.41, 5.74) is 0.220. The van der Waals surface area contributed by atoms with Crippen molar-refractivity contribution in [3.05, 3.63) is 51.1 Å². The van der Waals surface area contributed by atoms with Gasteiger partial charge >= 0.3 is 0 Å². The number of hydrogen-bond donors (Lipinski definition) is 0. The minimum Gasteiger partial charge on any atom is -0.494 e. The normalized spacial score (nSPS) is 15.8. The second-order valence-electron chi connectivity index (χ2n) is 5.31. The minimum absolute atomic E-state index is 0.114. The fourth-order valence-electron chi connectivity index (χ4n) is 2.38. The molecule has 3 rings (SSSR count). The highest BCUT2D eigenvalue weighted by atomic mass is 32.2. The first-order valence-corrected chi connectivity index (χ1v) is 8.86. The molecule has 1 amide bonds. The maximum Gasteiger partial charge on any atom is 0.284 e. The molecule has 134 valence electrons. The van der Waals surface area contributed by atoms with Crippen LogP contribution in [0.5, 0.6) is 5.75 Å². The molecule has 0 N–H and O–H groups in total. The van der Waals surface area contributed by atoms with Crippen LogP contribution in [-0.4, -0.2) is 33.7 Å². The van der Waals surface area contributed by atoms with Gasteiger partial charge in [0.05, 0.1) is 28.1 Å². The molecular formula is C17H14N2O5S2. The molecule has 26 heavy (non-hydrogen) atoms. The van der Waals surface area contributed by atoms with Crippen LogP contribution in [0.15, 0.2) is 39.7 Å². The Labute approximate surface area is 158 Å². The molecule has 0 aliphatic carbocycles. The van der Waals surface area contributed by atoms with E-state index in [9.17, 15) is 14.9 Å². The molecule has 9 heteroatoms. The molecule has 0 radical (unpaired) electrons. The summed E-state index contributed by atoms with van der Waals surface area (Å²) in [5, 5.41) is 11.4. The maximum atomic E-state index is 12.0. The van der Waals surface area contributed by atoms with E-state index in [1.165, 1.54) is 22.7 Å². The van der Waals surface area contributed by atoms with Crippen molar-refractivity contribution in [2.24, 2.45) is 0 Å². The monoisotopic (exact) mass is 390 g/mol. The SMILES string of the molecule is CCOc1ccc(-c2ccc(/C=C3/SC(=S)N(C)C3=O)o2)c([N+](=O)[O-])c1. The number of nitrogens with zero attached hydrogens (tertiary/aromatic N) is 2. The molecular weight excluding hydrogens is 376 g/mol.